The fourth-order valence-electron chi connectivity index (χ4n) is 3.47. The van der Waals surface area contributed by atoms with Gasteiger partial charge in [-0.15, -0.1) is 0 Å². The molecule has 3 heterocycles. The summed E-state index contributed by atoms with van der Waals surface area (Å²) in [5.74, 6) is 1.02. The van der Waals surface area contributed by atoms with E-state index >= 15 is 0 Å². The Balaban J connectivity index is 1.38. The number of anilines is 2. The summed E-state index contributed by atoms with van der Waals surface area (Å²) < 4.78 is 5.70. The summed E-state index contributed by atoms with van der Waals surface area (Å²) in [6.07, 6.45) is 7.37. The SMILES string of the molecule is Cc1oc(-c2cccnc2)nc1CC(=O)Nc1ccc(N2CCCCC2)cc1. The Kier molecular flexibility index (Phi) is 5.37. The standard InChI is InChI=1S/C22H24N4O2/c1-16-20(25-22(28-16)17-6-5-11-23-15-17)14-21(27)24-18-7-9-19(10-8-18)26-12-3-2-4-13-26/h5-11,15H,2-4,12-14H2,1H3,(H,24,27). The monoisotopic (exact) mass is 376 g/mol. The number of nitrogens with one attached hydrogen (secondary N) is 1. The van der Waals surface area contributed by atoms with Gasteiger partial charge >= 0.3 is 0 Å². The van der Waals surface area contributed by atoms with Gasteiger partial charge in [-0.05, 0) is 62.6 Å². The number of hydrogen-bond acceptors (Lipinski definition) is 5. The van der Waals surface area contributed by atoms with Crippen molar-refractivity contribution in [1.82, 2.24) is 9.97 Å². The quantitative estimate of drug-likeness (QED) is 0.722. The van der Waals surface area contributed by atoms with Gasteiger partial charge in [0.2, 0.25) is 11.8 Å². The second-order valence-corrected chi connectivity index (χ2v) is 7.08. The molecule has 6 heteroatoms. The van der Waals surface area contributed by atoms with Crippen LogP contribution < -0.4 is 10.2 Å². The van der Waals surface area contributed by atoms with Gasteiger partial charge in [-0.3, -0.25) is 9.78 Å². The van der Waals surface area contributed by atoms with E-state index < -0.39 is 0 Å². The van der Waals surface area contributed by atoms with Gasteiger partial charge in [0, 0.05) is 36.9 Å². The van der Waals surface area contributed by atoms with Crippen molar-refractivity contribution in [3.05, 3.63) is 60.2 Å². The molecule has 144 valence electrons. The van der Waals surface area contributed by atoms with E-state index in [1.807, 2.05) is 31.2 Å². The van der Waals surface area contributed by atoms with Crippen LogP contribution in [0.3, 0.4) is 0 Å². The van der Waals surface area contributed by atoms with Gasteiger partial charge in [0.1, 0.15) is 5.76 Å². The van der Waals surface area contributed by atoms with Gasteiger partial charge in [0.25, 0.3) is 0 Å². The summed E-state index contributed by atoms with van der Waals surface area (Å²) in [6, 6.07) is 11.8. The van der Waals surface area contributed by atoms with Crippen molar-refractivity contribution >= 4 is 17.3 Å². The number of aromatic nitrogens is 2. The van der Waals surface area contributed by atoms with Gasteiger partial charge in [0.05, 0.1) is 17.7 Å². The van der Waals surface area contributed by atoms with E-state index in [-0.39, 0.29) is 12.3 Å². The first kappa shape index (κ1) is 18.2. The minimum Gasteiger partial charge on any atom is -0.441 e. The average molecular weight is 376 g/mol. The molecule has 6 nitrogen and oxygen atoms in total. The summed E-state index contributed by atoms with van der Waals surface area (Å²) >= 11 is 0. The van der Waals surface area contributed by atoms with Crippen LogP contribution in [-0.4, -0.2) is 29.0 Å². The number of aryl methyl sites for hydroxylation is 1. The van der Waals surface area contributed by atoms with Crippen LogP contribution in [0.4, 0.5) is 11.4 Å². The maximum Gasteiger partial charge on any atom is 0.230 e. The molecule has 1 saturated heterocycles. The summed E-state index contributed by atoms with van der Waals surface area (Å²) in [4.78, 5) is 23.4. The summed E-state index contributed by atoms with van der Waals surface area (Å²) in [5, 5.41) is 2.95. The lowest BCUT2D eigenvalue weighted by Crippen LogP contribution is -2.29. The molecule has 0 atom stereocenters. The molecule has 2 aromatic heterocycles. The molecule has 0 unspecified atom stereocenters. The normalized spacial score (nSPS) is 14.1. The Labute approximate surface area is 164 Å². The van der Waals surface area contributed by atoms with Gasteiger partial charge in [-0.25, -0.2) is 4.98 Å². The van der Waals surface area contributed by atoms with E-state index in [2.05, 4.69) is 32.3 Å². The fraction of sp³-hybridized carbons (Fsp3) is 0.318. The third kappa shape index (κ3) is 4.22. The van der Waals surface area contributed by atoms with Crippen molar-refractivity contribution < 1.29 is 9.21 Å². The second kappa shape index (κ2) is 8.25. The molecular weight excluding hydrogens is 352 g/mol. The Bertz CT molecular complexity index is 929. The van der Waals surface area contributed by atoms with Crippen molar-refractivity contribution in [2.45, 2.75) is 32.6 Å². The molecule has 1 amide bonds. The molecule has 0 aliphatic carbocycles. The largest absolute Gasteiger partial charge is 0.441 e. The molecule has 3 aromatic rings. The first-order valence-electron chi connectivity index (χ1n) is 9.70. The van der Waals surface area contributed by atoms with Crippen LogP contribution in [0.1, 0.15) is 30.7 Å². The summed E-state index contributed by atoms with van der Waals surface area (Å²) in [5.41, 5.74) is 3.44. The predicted molar refractivity (Wildman–Crippen MR) is 109 cm³/mol. The van der Waals surface area contributed by atoms with E-state index in [1.165, 1.54) is 24.9 Å². The predicted octanol–water partition coefficient (Wildman–Crippen LogP) is 4.22. The first-order chi connectivity index (χ1) is 13.7. The molecule has 0 spiro atoms. The molecule has 0 saturated carbocycles. The van der Waals surface area contributed by atoms with Crippen molar-refractivity contribution in [2.24, 2.45) is 0 Å². The van der Waals surface area contributed by atoms with Crippen LogP contribution >= 0.6 is 0 Å². The van der Waals surface area contributed by atoms with E-state index in [1.54, 1.807) is 12.4 Å². The van der Waals surface area contributed by atoms with E-state index in [0.717, 1.165) is 24.3 Å². The molecule has 1 fully saturated rings. The van der Waals surface area contributed by atoms with E-state index in [0.29, 0.717) is 17.3 Å². The minimum atomic E-state index is -0.111. The number of nitrogens with zero attached hydrogens (tertiary/aromatic N) is 3. The third-order valence-corrected chi connectivity index (χ3v) is 5.00. The fourth-order valence-corrected chi connectivity index (χ4v) is 3.47. The van der Waals surface area contributed by atoms with Crippen molar-refractivity contribution in [3.63, 3.8) is 0 Å². The lowest BCUT2D eigenvalue weighted by molar-refractivity contribution is -0.115. The number of piperidine rings is 1. The van der Waals surface area contributed by atoms with Crippen LogP contribution in [0.15, 0.2) is 53.2 Å². The summed E-state index contributed by atoms with van der Waals surface area (Å²) in [6.45, 7) is 4.04. The highest BCUT2D eigenvalue weighted by molar-refractivity contribution is 5.92. The number of hydrogen-bond donors (Lipinski definition) is 1. The zero-order valence-corrected chi connectivity index (χ0v) is 16.0. The molecule has 1 aromatic carbocycles. The number of carbonyl (C=O) groups excluding carboxylic acids is 1. The highest BCUT2D eigenvalue weighted by atomic mass is 16.4. The van der Waals surface area contributed by atoms with Crippen molar-refractivity contribution in [2.75, 3.05) is 23.3 Å². The Morgan fingerprint density at radius 3 is 2.64 bits per heavy atom. The maximum atomic E-state index is 12.5. The smallest absolute Gasteiger partial charge is 0.230 e. The van der Waals surface area contributed by atoms with Crippen LogP contribution in [0.5, 0.6) is 0 Å². The molecule has 28 heavy (non-hydrogen) atoms. The molecule has 1 aliphatic rings. The number of benzene rings is 1. The number of amides is 1. The number of carbonyl (C=O) groups is 1. The van der Waals surface area contributed by atoms with Gasteiger partial charge in [0.15, 0.2) is 0 Å². The molecule has 1 aliphatic heterocycles. The highest BCUT2D eigenvalue weighted by Crippen LogP contribution is 2.23. The third-order valence-electron chi connectivity index (χ3n) is 5.00. The van der Waals surface area contributed by atoms with E-state index in [9.17, 15) is 4.79 Å². The Hall–Kier alpha value is -3.15. The maximum absolute atomic E-state index is 12.5. The molecular formula is C22H24N4O2. The van der Waals surface area contributed by atoms with Crippen LogP contribution in [0, 0.1) is 6.92 Å². The van der Waals surface area contributed by atoms with Crippen LogP contribution in [-0.2, 0) is 11.2 Å². The van der Waals surface area contributed by atoms with Gasteiger partial charge < -0.3 is 14.6 Å². The van der Waals surface area contributed by atoms with Crippen molar-refractivity contribution in [3.8, 4) is 11.5 Å². The highest BCUT2D eigenvalue weighted by Gasteiger charge is 2.15. The zero-order chi connectivity index (χ0) is 19.3. The Morgan fingerprint density at radius 2 is 1.93 bits per heavy atom. The lowest BCUT2D eigenvalue weighted by Gasteiger charge is -2.28. The second-order valence-electron chi connectivity index (χ2n) is 7.08. The lowest BCUT2D eigenvalue weighted by atomic mass is 10.1. The van der Waals surface area contributed by atoms with Gasteiger partial charge in [-0.1, -0.05) is 0 Å². The average Bonchev–Trinajstić information content (AvgIpc) is 3.10. The topological polar surface area (TPSA) is 71.3 Å². The summed E-state index contributed by atoms with van der Waals surface area (Å²) in [7, 11) is 0. The number of pyridine rings is 1. The van der Waals surface area contributed by atoms with Crippen molar-refractivity contribution in [1.29, 1.82) is 0 Å². The molecule has 4 rings (SSSR count). The molecule has 0 bridgehead atoms. The van der Waals surface area contributed by atoms with Crippen LogP contribution in [0.2, 0.25) is 0 Å². The van der Waals surface area contributed by atoms with E-state index in [4.69, 9.17) is 4.42 Å². The number of rotatable bonds is 5. The molecule has 0 radical (unpaired) electrons. The zero-order valence-electron chi connectivity index (χ0n) is 16.0. The molecule has 1 N–H and O–H groups in total. The van der Waals surface area contributed by atoms with Crippen LogP contribution in [0.25, 0.3) is 11.5 Å². The Morgan fingerprint density at radius 1 is 1.14 bits per heavy atom. The number of oxazole rings is 1. The minimum absolute atomic E-state index is 0.111. The first-order valence-corrected chi connectivity index (χ1v) is 9.70. The van der Waals surface area contributed by atoms with Gasteiger partial charge in [-0.2, -0.15) is 0 Å².